The SMILES string of the molecule is Cc1ccc(NS(=O)(=O)c2cc(CN)ccc2F)c(C)c1. The normalized spacial score (nSPS) is 11.4. The van der Waals surface area contributed by atoms with Gasteiger partial charge in [-0.1, -0.05) is 23.8 Å². The van der Waals surface area contributed by atoms with Crippen LogP contribution in [0.5, 0.6) is 0 Å². The van der Waals surface area contributed by atoms with E-state index in [0.29, 0.717) is 11.3 Å². The predicted octanol–water partition coefficient (Wildman–Crippen LogP) is 2.70. The van der Waals surface area contributed by atoms with E-state index in [9.17, 15) is 12.8 Å². The zero-order valence-electron chi connectivity index (χ0n) is 11.9. The fourth-order valence-electron chi connectivity index (χ4n) is 2.01. The highest BCUT2D eigenvalue weighted by Gasteiger charge is 2.20. The first-order chi connectivity index (χ1) is 9.83. The van der Waals surface area contributed by atoms with Gasteiger partial charge in [0.05, 0.1) is 5.69 Å². The van der Waals surface area contributed by atoms with Crippen molar-refractivity contribution >= 4 is 15.7 Å². The Labute approximate surface area is 123 Å². The molecule has 0 spiro atoms. The second kappa shape index (κ2) is 5.83. The standard InChI is InChI=1S/C15H17FN2O2S/c1-10-3-6-14(11(2)7-10)18-21(19,20)15-8-12(9-17)4-5-13(15)16/h3-8,18H,9,17H2,1-2H3. The Kier molecular flexibility index (Phi) is 4.29. The summed E-state index contributed by atoms with van der Waals surface area (Å²) < 4.78 is 40.9. The highest BCUT2D eigenvalue weighted by molar-refractivity contribution is 7.92. The number of aryl methyl sites for hydroxylation is 2. The van der Waals surface area contributed by atoms with Crippen molar-refractivity contribution in [1.29, 1.82) is 0 Å². The lowest BCUT2D eigenvalue weighted by Crippen LogP contribution is -2.16. The Morgan fingerprint density at radius 2 is 1.86 bits per heavy atom. The average Bonchev–Trinajstić information content (AvgIpc) is 2.42. The molecule has 0 bridgehead atoms. The number of benzene rings is 2. The number of anilines is 1. The first-order valence-corrected chi connectivity index (χ1v) is 7.90. The van der Waals surface area contributed by atoms with Crippen molar-refractivity contribution < 1.29 is 12.8 Å². The Balaban J connectivity index is 2.43. The number of nitrogens with two attached hydrogens (primary N) is 1. The third-order valence-electron chi connectivity index (χ3n) is 3.15. The van der Waals surface area contributed by atoms with E-state index in [4.69, 9.17) is 5.73 Å². The van der Waals surface area contributed by atoms with Gasteiger partial charge in [-0.15, -0.1) is 0 Å². The zero-order chi connectivity index (χ0) is 15.6. The molecule has 21 heavy (non-hydrogen) atoms. The van der Waals surface area contributed by atoms with Crippen LogP contribution < -0.4 is 10.5 Å². The molecule has 0 saturated heterocycles. The number of hydrogen-bond acceptors (Lipinski definition) is 3. The van der Waals surface area contributed by atoms with E-state index in [2.05, 4.69) is 4.72 Å². The summed E-state index contributed by atoms with van der Waals surface area (Å²) in [5.41, 5.74) is 8.24. The highest BCUT2D eigenvalue weighted by Crippen LogP contribution is 2.23. The maximum atomic E-state index is 13.8. The molecule has 0 saturated carbocycles. The fraction of sp³-hybridized carbons (Fsp3) is 0.200. The molecular formula is C15H17FN2O2S. The summed E-state index contributed by atoms with van der Waals surface area (Å²) in [5, 5.41) is 0. The summed E-state index contributed by atoms with van der Waals surface area (Å²) in [6, 6.07) is 9.13. The zero-order valence-corrected chi connectivity index (χ0v) is 12.7. The smallest absolute Gasteiger partial charge is 0.264 e. The van der Waals surface area contributed by atoms with E-state index in [1.807, 2.05) is 13.0 Å². The molecule has 2 rings (SSSR count). The minimum Gasteiger partial charge on any atom is -0.326 e. The third-order valence-corrected chi connectivity index (χ3v) is 4.53. The second-order valence-electron chi connectivity index (χ2n) is 4.89. The van der Waals surface area contributed by atoms with E-state index in [-0.39, 0.29) is 6.54 Å². The van der Waals surface area contributed by atoms with Crippen LogP contribution >= 0.6 is 0 Å². The van der Waals surface area contributed by atoms with E-state index in [0.717, 1.165) is 17.2 Å². The molecule has 0 radical (unpaired) electrons. The molecule has 0 atom stereocenters. The van der Waals surface area contributed by atoms with Gasteiger partial charge in [0.2, 0.25) is 0 Å². The predicted molar refractivity (Wildman–Crippen MR) is 81.0 cm³/mol. The van der Waals surface area contributed by atoms with Crippen molar-refractivity contribution in [2.24, 2.45) is 5.73 Å². The van der Waals surface area contributed by atoms with Gasteiger partial charge >= 0.3 is 0 Å². The molecule has 6 heteroatoms. The Morgan fingerprint density at radius 3 is 2.48 bits per heavy atom. The van der Waals surface area contributed by atoms with Crippen molar-refractivity contribution in [1.82, 2.24) is 0 Å². The third kappa shape index (κ3) is 3.40. The van der Waals surface area contributed by atoms with Gasteiger partial charge in [-0.05, 0) is 43.2 Å². The van der Waals surface area contributed by atoms with Crippen LogP contribution in [0.3, 0.4) is 0 Å². The number of hydrogen-bond donors (Lipinski definition) is 2. The molecule has 112 valence electrons. The van der Waals surface area contributed by atoms with Crippen LogP contribution in [0.25, 0.3) is 0 Å². The summed E-state index contributed by atoms with van der Waals surface area (Å²) in [7, 11) is -3.99. The molecule has 0 aliphatic heterocycles. The van der Waals surface area contributed by atoms with Gasteiger partial charge in [0, 0.05) is 6.54 Å². The second-order valence-corrected chi connectivity index (χ2v) is 6.54. The van der Waals surface area contributed by atoms with Crippen LogP contribution in [-0.2, 0) is 16.6 Å². The lowest BCUT2D eigenvalue weighted by Gasteiger charge is -2.12. The van der Waals surface area contributed by atoms with Crippen LogP contribution in [0.15, 0.2) is 41.3 Å². The van der Waals surface area contributed by atoms with E-state index >= 15 is 0 Å². The van der Waals surface area contributed by atoms with Crippen molar-refractivity contribution in [2.45, 2.75) is 25.3 Å². The van der Waals surface area contributed by atoms with Crippen LogP contribution in [0, 0.1) is 19.7 Å². The number of sulfonamides is 1. The van der Waals surface area contributed by atoms with E-state index < -0.39 is 20.7 Å². The molecule has 0 aliphatic carbocycles. The van der Waals surface area contributed by atoms with Crippen LogP contribution in [-0.4, -0.2) is 8.42 Å². The van der Waals surface area contributed by atoms with Gasteiger partial charge < -0.3 is 5.73 Å². The first-order valence-electron chi connectivity index (χ1n) is 6.42. The van der Waals surface area contributed by atoms with Gasteiger partial charge in [-0.3, -0.25) is 4.72 Å². The largest absolute Gasteiger partial charge is 0.326 e. The van der Waals surface area contributed by atoms with Gasteiger partial charge in [-0.25, -0.2) is 12.8 Å². The number of rotatable bonds is 4. The lowest BCUT2D eigenvalue weighted by atomic mass is 10.1. The van der Waals surface area contributed by atoms with Crippen LogP contribution in [0.2, 0.25) is 0 Å². The Bertz CT molecular complexity index is 773. The topological polar surface area (TPSA) is 72.2 Å². The molecule has 0 amide bonds. The van der Waals surface area contributed by atoms with Gasteiger partial charge in [0.1, 0.15) is 10.7 Å². The maximum Gasteiger partial charge on any atom is 0.264 e. The van der Waals surface area contributed by atoms with Gasteiger partial charge in [0.25, 0.3) is 10.0 Å². The van der Waals surface area contributed by atoms with Gasteiger partial charge in [0.15, 0.2) is 0 Å². The molecule has 2 aromatic carbocycles. The number of halogens is 1. The highest BCUT2D eigenvalue weighted by atomic mass is 32.2. The quantitative estimate of drug-likeness (QED) is 0.912. The molecule has 0 aromatic heterocycles. The minimum atomic E-state index is -3.99. The Hall–Kier alpha value is -1.92. The summed E-state index contributed by atoms with van der Waals surface area (Å²) >= 11 is 0. The lowest BCUT2D eigenvalue weighted by molar-refractivity contribution is 0.569. The number of nitrogens with one attached hydrogen (secondary N) is 1. The van der Waals surface area contributed by atoms with Gasteiger partial charge in [-0.2, -0.15) is 0 Å². The van der Waals surface area contributed by atoms with E-state index in [1.165, 1.54) is 12.1 Å². The molecule has 4 nitrogen and oxygen atoms in total. The van der Waals surface area contributed by atoms with Crippen molar-refractivity contribution in [3.63, 3.8) is 0 Å². The molecule has 3 N–H and O–H groups in total. The van der Waals surface area contributed by atoms with Crippen LogP contribution in [0.1, 0.15) is 16.7 Å². The van der Waals surface area contributed by atoms with Crippen molar-refractivity contribution in [3.8, 4) is 0 Å². The summed E-state index contributed by atoms with van der Waals surface area (Å²) in [6.07, 6.45) is 0. The first kappa shape index (κ1) is 15.5. The monoisotopic (exact) mass is 308 g/mol. The summed E-state index contributed by atoms with van der Waals surface area (Å²) in [5.74, 6) is -0.801. The molecule has 2 aromatic rings. The molecule has 0 fully saturated rings. The fourth-order valence-corrected chi connectivity index (χ4v) is 3.27. The van der Waals surface area contributed by atoms with Crippen LogP contribution in [0.4, 0.5) is 10.1 Å². The van der Waals surface area contributed by atoms with Crippen molar-refractivity contribution in [3.05, 3.63) is 58.9 Å². The average molecular weight is 308 g/mol. The Morgan fingerprint density at radius 1 is 1.14 bits per heavy atom. The molecule has 0 aliphatic rings. The molecule has 0 heterocycles. The van der Waals surface area contributed by atoms with Crippen molar-refractivity contribution in [2.75, 3.05) is 4.72 Å². The maximum absolute atomic E-state index is 13.8. The molecular weight excluding hydrogens is 291 g/mol. The summed E-state index contributed by atoms with van der Waals surface area (Å²) in [4.78, 5) is -0.398. The summed E-state index contributed by atoms with van der Waals surface area (Å²) in [6.45, 7) is 3.85. The minimum absolute atomic E-state index is 0.145. The van der Waals surface area contributed by atoms with E-state index in [1.54, 1.807) is 19.1 Å². The molecule has 0 unspecified atom stereocenters.